The number of rotatable bonds is 1. The zero-order valence-corrected chi connectivity index (χ0v) is 7.62. The Kier molecular flexibility index (Phi) is 2.15. The summed E-state index contributed by atoms with van der Waals surface area (Å²) < 4.78 is 0. The highest BCUT2D eigenvalue weighted by Crippen LogP contribution is 2.08. The van der Waals surface area contributed by atoms with Gasteiger partial charge in [0.25, 0.3) is 0 Å². The fraction of sp³-hybridized carbons (Fsp3) is 0.0909. The number of nitrogens with one attached hydrogen (secondary N) is 1. The molecule has 0 bridgehead atoms. The maximum absolute atomic E-state index is 3.20. The van der Waals surface area contributed by atoms with Gasteiger partial charge in [-0.05, 0) is 25.1 Å². The van der Waals surface area contributed by atoms with E-state index in [1.165, 1.54) is 17.0 Å². The number of nitrogens with two attached hydrogens (primary N) is 1. The van der Waals surface area contributed by atoms with E-state index in [2.05, 4.69) is 48.8 Å². The van der Waals surface area contributed by atoms with Gasteiger partial charge in [-0.1, -0.05) is 18.2 Å². The van der Waals surface area contributed by atoms with Gasteiger partial charge in [0.2, 0.25) is 0 Å². The van der Waals surface area contributed by atoms with Gasteiger partial charge >= 0.3 is 0 Å². The zero-order valence-electron chi connectivity index (χ0n) is 7.62. The molecule has 1 heterocycles. The molecule has 0 atom stereocenters. The summed E-state index contributed by atoms with van der Waals surface area (Å²) in [6, 6.07) is 10.3. The summed E-state index contributed by atoms with van der Waals surface area (Å²) in [5.41, 5.74) is 8.89. The van der Waals surface area contributed by atoms with Crippen molar-refractivity contribution in [2.45, 2.75) is 6.92 Å². The van der Waals surface area contributed by atoms with Crippen LogP contribution in [0.2, 0.25) is 0 Å². The molecule has 66 valence electrons. The summed E-state index contributed by atoms with van der Waals surface area (Å²) in [6.45, 7) is 2.05. The predicted molar refractivity (Wildman–Crippen MR) is 53.2 cm³/mol. The molecule has 0 aliphatic carbocycles. The first kappa shape index (κ1) is 8.08. The lowest BCUT2D eigenvalue weighted by Gasteiger charge is -2.11. The van der Waals surface area contributed by atoms with Crippen LogP contribution in [0.5, 0.6) is 0 Å². The summed E-state index contributed by atoms with van der Waals surface area (Å²) in [5, 5.41) is 0. The van der Waals surface area contributed by atoms with Gasteiger partial charge in [-0.15, -0.1) is 0 Å². The molecule has 3 N–H and O–H groups in total. The van der Waals surface area contributed by atoms with Crippen LogP contribution >= 0.6 is 0 Å². The Morgan fingerprint density at radius 2 is 1.85 bits per heavy atom. The standard InChI is InChI=1S/C11H12N2/c1-9-7-8-11(13-12-9)10-5-3-2-4-6-10/h2-8,12-13H,1H3/p+1. The van der Waals surface area contributed by atoms with Gasteiger partial charge < -0.3 is 0 Å². The minimum absolute atomic E-state index is 1.18. The van der Waals surface area contributed by atoms with E-state index in [1.807, 2.05) is 11.5 Å². The Balaban J connectivity index is 2.29. The summed E-state index contributed by atoms with van der Waals surface area (Å²) >= 11 is 0. The highest BCUT2D eigenvalue weighted by Gasteiger charge is 2.07. The Morgan fingerprint density at radius 1 is 1.08 bits per heavy atom. The lowest BCUT2D eigenvalue weighted by atomic mass is 10.1. The second kappa shape index (κ2) is 3.46. The quantitative estimate of drug-likeness (QED) is 0.610. The Labute approximate surface area is 77.9 Å². The molecule has 1 aromatic rings. The van der Waals surface area contributed by atoms with Crippen molar-refractivity contribution in [3.05, 3.63) is 53.7 Å². The van der Waals surface area contributed by atoms with Crippen molar-refractivity contribution >= 4 is 5.70 Å². The molecule has 0 spiro atoms. The molecule has 0 aromatic heterocycles. The van der Waals surface area contributed by atoms with E-state index >= 15 is 0 Å². The maximum Gasteiger partial charge on any atom is 0.161 e. The predicted octanol–water partition coefficient (Wildman–Crippen LogP) is 1.01. The first-order valence-corrected chi connectivity index (χ1v) is 4.40. The van der Waals surface area contributed by atoms with Crippen molar-refractivity contribution in [2.75, 3.05) is 0 Å². The van der Waals surface area contributed by atoms with Crippen LogP contribution in [0.25, 0.3) is 5.70 Å². The van der Waals surface area contributed by atoms with Crippen LogP contribution in [0.15, 0.2) is 48.2 Å². The largest absolute Gasteiger partial charge is 0.239 e. The molecule has 2 nitrogen and oxygen atoms in total. The molecule has 1 aliphatic rings. The van der Waals surface area contributed by atoms with Crippen molar-refractivity contribution in [3.63, 3.8) is 0 Å². The van der Waals surface area contributed by atoms with Crippen LogP contribution < -0.4 is 10.9 Å². The lowest BCUT2D eigenvalue weighted by molar-refractivity contribution is -0.619. The number of allylic oxidation sites excluding steroid dienone is 3. The van der Waals surface area contributed by atoms with Gasteiger partial charge in [-0.2, -0.15) is 0 Å². The zero-order chi connectivity index (χ0) is 9.10. The van der Waals surface area contributed by atoms with E-state index < -0.39 is 0 Å². The molecular weight excluding hydrogens is 160 g/mol. The minimum atomic E-state index is 1.18. The number of hydrogen-bond acceptors (Lipinski definition) is 1. The van der Waals surface area contributed by atoms with Gasteiger partial charge in [0.15, 0.2) is 5.70 Å². The van der Waals surface area contributed by atoms with Crippen LogP contribution in [-0.4, -0.2) is 0 Å². The molecule has 0 saturated heterocycles. The molecule has 13 heavy (non-hydrogen) atoms. The number of quaternary nitrogens is 1. The van der Waals surface area contributed by atoms with Gasteiger partial charge in [0.05, 0.1) is 5.70 Å². The highest BCUT2D eigenvalue weighted by molar-refractivity contribution is 5.59. The lowest BCUT2D eigenvalue weighted by Crippen LogP contribution is -2.90. The van der Waals surface area contributed by atoms with Crippen LogP contribution in [0.4, 0.5) is 0 Å². The second-order valence-corrected chi connectivity index (χ2v) is 3.13. The molecule has 0 fully saturated rings. The molecular formula is C11H13N2+. The van der Waals surface area contributed by atoms with E-state index in [4.69, 9.17) is 0 Å². The highest BCUT2D eigenvalue weighted by atomic mass is 15.4. The van der Waals surface area contributed by atoms with E-state index in [0.29, 0.717) is 0 Å². The van der Waals surface area contributed by atoms with Crippen LogP contribution in [0, 0.1) is 0 Å². The molecule has 0 radical (unpaired) electrons. The van der Waals surface area contributed by atoms with Crippen molar-refractivity contribution in [3.8, 4) is 0 Å². The van der Waals surface area contributed by atoms with E-state index in [-0.39, 0.29) is 0 Å². The Hall–Kier alpha value is -1.54. The Morgan fingerprint density at radius 3 is 2.46 bits per heavy atom. The van der Waals surface area contributed by atoms with Crippen LogP contribution in [0.1, 0.15) is 12.5 Å². The maximum atomic E-state index is 3.20. The fourth-order valence-electron chi connectivity index (χ4n) is 1.31. The van der Waals surface area contributed by atoms with Crippen LogP contribution in [-0.2, 0) is 0 Å². The van der Waals surface area contributed by atoms with Crippen molar-refractivity contribution in [2.24, 2.45) is 0 Å². The molecule has 1 aromatic carbocycles. The second-order valence-electron chi connectivity index (χ2n) is 3.13. The molecule has 2 heteroatoms. The first-order valence-electron chi connectivity index (χ1n) is 4.40. The van der Waals surface area contributed by atoms with Gasteiger partial charge in [-0.25, -0.2) is 10.9 Å². The van der Waals surface area contributed by atoms with Crippen molar-refractivity contribution in [1.82, 2.24) is 5.43 Å². The average Bonchev–Trinajstić information content (AvgIpc) is 2.20. The SMILES string of the molecule is CC1=CC=C(c2ccccc2)[NH2+]N1. The summed E-state index contributed by atoms with van der Waals surface area (Å²) in [6.07, 6.45) is 4.21. The smallest absolute Gasteiger partial charge is 0.161 e. The third-order valence-electron chi connectivity index (χ3n) is 2.08. The summed E-state index contributed by atoms with van der Waals surface area (Å²) in [7, 11) is 0. The van der Waals surface area contributed by atoms with Gasteiger partial charge in [-0.3, -0.25) is 0 Å². The minimum Gasteiger partial charge on any atom is -0.239 e. The molecule has 0 amide bonds. The molecule has 0 saturated carbocycles. The normalized spacial score (nSPS) is 15.8. The third kappa shape index (κ3) is 1.79. The monoisotopic (exact) mass is 173 g/mol. The van der Waals surface area contributed by atoms with Crippen molar-refractivity contribution in [1.29, 1.82) is 0 Å². The Bertz CT molecular complexity index is 350. The molecule has 2 rings (SSSR count). The third-order valence-corrected chi connectivity index (χ3v) is 2.08. The van der Waals surface area contributed by atoms with Gasteiger partial charge in [0, 0.05) is 11.6 Å². The number of hydrogen-bond donors (Lipinski definition) is 2. The molecule has 0 unspecified atom stereocenters. The topological polar surface area (TPSA) is 28.6 Å². The summed E-state index contributed by atoms with van der Waals surface area (Å²) in [5.74, 6) is 0. The van der Waals surface area contributed by atoms with E-state index in [9.17, 15) is 0 Å². The van der Waals surface area contributed by atoms with E-state index in [1.54, 1.807) is 0 Å². The van der Waals surface area contributed by atoms with Crippen LogP contribution in [0.3, 0.4) is 0 Å². The first-order chi connectivity index (χ1) is 6.36. The fourth-order valence-corrected chi connectivity index (χ4v) is 1.31. The number of benzene rings is 1. The van der Waals surface area contributed by atoms with E-state index in [0.717, 1.165) is 0 Å². The van der Waals surface area contributed by atoms with Crippen molar-refractivity contribution < 1.29 is 5.43 Å². The average molecular weight is 173 g/mol. The molecule has 1 aliphatic heterocycles. The summed E-state index contributed by atoms with van der Waals surface area (Å²) in [4.78, 5) is 0. The van der Waals surface area contributed by atoms with Gasteiger partial charge in [0.1, 0.15) is 0 Å².